The summed E-state index contributed by atoms with van der Waals surface area (Å²) in [6.07, 6.45) is -10.1. The first-order valence-corrected chi connectivity index (χ1v) is 7.42. The molecule has 0 aliphatic heterocycles. The van der Waals surface area contributed by atoms with Crippen molar-refractivity contribution < 1.29 is 35.9 Å². The number of rotatable bonds is 2. The number of alkyl halides is 6. The van der Waals surface area contributed by atoms with Crippen LogP contribution in [0.3, 0.4) is 0 Å². The number of anilines is 1. The van der Waals surface area contributed by atoms with Crippen molar-refractivity contribution in [3.05, 3.63) is 64.2 Å². The highest BCUT2D eigenvalue weighted by atomic mass is 35.5. The summed E-state index contributed by atoms with van der Waals surface area (Å²) in [5, 5.41) is 3.54. The molecule has 11 heteroatoms. The van der Waals surface area contributed by atoms with Gasteiger partial charge < -0.3 is 5.32 Å². The zero-order valence-electron chi connectivity index (χ0n) is 13.0. The Labute approximate surface area is 153 Å². The third kappa shape index (κ3) is 5.36. The van der Waals surface area contributed by atoms with Crippen molar-refractivity contribution in [1.29, 1.82) is 0 Å². The van der Waals surface area contributed by atoms with Crippen molar-refractivity contribution in [2.75, 3.05) is 5.32 Å². The summed E-state index contributed by atoms with van der Waals surface area (Å²) in [6, 6.07) is 4.81. The van der Waals surface area contributed by atoms with Gasteiger partial charge in [0.15, 0.2) is 0 Å². The van der Waals surface area contributed by atoms with E-state index >= 15 is 0 Å². The van der Waals surface area contributed by atoms with Crippen LogP contribution in [0.25, 0.3) is 0 Å². The van der Waals surface area contributed by atoms with Crippen molar-refractivity contribution in [1.82, 2.24) is 5.32 Å². The number of carbonyl (C=O) groups excluding carboxylic acids is 2. The molecule has 0 aliphatic carbocycles. The number of amides is 3. The van der Waals surface area contributed by atoms with E-state index in [-0.39, 0.29) is 16.7 Å². The van der Waals surface area contributed by atoms with Crippen LogP contribution < -0.4 is 10.6 Å². The highest BCUT2D eigenvalue weighted by Crippen LogP contribution is 2.37. The van der Waals surface area contributed by atoms with Gasteiger partial charge in [0.1, 0.15) is 0 Å². The molecule has 0 unspecified atom stereocenters. The number of nitrogens with one attached hydrogen (secondary N) is 2. The molecule has 0 radical (unpaired) electrons. The summed E-state index contributed by atoms with van der Waals surface area (Å²) in [7, 11) is 0. The van der Waals surface area contributed by atoms with Gasteiger partial charge in [0, 0.05) is 5.69 Å². The van der Waals surface area contributed by atoms with Gasteiger partial charge in [0.05, 0.1) is 21.7 Å². The Morgan fingerprint density at radius 2 is 1.37 bits per heavy atom. The zero-order chi connectivity index (χ0) is 20.4. The maximum atomic E-state index is 12.8. The van der Waals surface area contributed by atoms with Crippen LogP contribution in [0.15, 0.2) is 42.5 Å². The lowest BCUT2D eigenvalue weighted by Gasteiger charge is -2.15. The molecule has 0 fully saturated rings. The third-order valence-corrected chi connectivity index (χ3v) is 3.52. The highest BCUT2D eigenvalue weighted by Gasteiger charge is 2.37. The minimum Gasteiger partial charge on any atom is -0.308 e. The maximum Gasteiger partial charge on any atom is 0.416 e. The monoisotopic (exact) mass is 410 g/mol. The van der Waals surface area contributed by atoms with E-state index in [1.54, 1.807) is 10.6 Å². The van der Waals surface area contributed by atoms with E-state index in [1.807, 2.05) is 0 Å². The molecule has 2 N–H and O–H groups in total. The smallest absolute Gasteiger partial charge is 0.308 e. The molecule has 0 saturated heterocycles. The second-order valence-electron chi connectivity index (χ2n) is 5.18. The van der Waals surface area contributed by atoms with E-state index in [1.165, 1.54) is 24.3 Å². The highest BCUT2D eigenvalue weighted by molar-refractivity contribution is 6.34. The zero-order valence-corrected chi connectivity index (χ0v) is 13.8. The fourth-order valence-corrected chi connectivity index (χ4v) is 2.23. The summed E-state index contributed by atoms with van der Waals surface area (Å²) in [6.45, 7) is 0. The van der Waals surface area contributed by atoms with Crippen LogP contribution in [0.5, 0.6) is 0 Å². The molecule has 0 saturated carbocycles. The second-order valence-corrected chi connectivity index (χ2v) is 5.59. The van der Waals surface area contributed by atoms with E-state index in [9.17, 15) is 35.9 Å². The first kappa shape index (κ1) is 20.6. The predicted molar refractivity (Wildman–Crippen MR) is 84.4 cm³/mol. The lowest BCUT2D eigenvalue weighted by molar-refractivity contribution is -0.143. The number of imide groups is 1. The summed E-state index contributed by atoms with van der Waals surface area (Å²) in [5.74, 6) is -0.985. The lowest BCUT2D eigenvalue weighted by atomic mass is 10.1. The van der Waals surface area contributed by atoms with Crippen LogP contribution in [0.4, 0.5) is 36.8 Å². The van der Waals surface area contributed by atoms with Crippen LogP contribution in [-0.4, -0.2) is 11.9 Å². The maximum absolute atomic E-state index is 12.8. The number of urea groups is 1. The number of benzene rings is 2. The first-order chi connectivity index (χ1) is 12.4. The molecule has 2 aromatic rings. The van der Waals surface area contributed by atoms with Gasteiger partial charge in [0.2, 0.25) is 0 Å². The van der Waals surface area contributed by atoms with Crippen LogP contribution >= 0.6 is 11.6 Å². The van der Waals surface area contributed by atoms with Crippen molar-refractivity contribution in [3.8, 4) is 0 Å². The lowest BCUT2D eigenvalue weighted by Crippen LogP contribution is -2.34. The number of carbonyl (C=O) groups is 2. The van der Waals surface area contributed by atoms with E-state index in [0.717, 1.165) is 0 Å². The third-order valence-electron chi connectivity index (χ3n) is 3.19. The van der Waals surface area contributed by atoms with Gasteiger partial charge in [-0.25, -0.2) is 4.79 Å². The topological polar surface area (TPSA) is 58.2 Å². The van der Waals surface area contributed by atoms with Gasteiger partial charge in [-0.05, 0) is 30.3 Å². The second kappa shape index (κ2) is 7.47. The number of hydrogen-bond donors (Lipinski definition) is 2. The Bertz CT molecular complexity index is 848. The van der Waals surface area contributed by atoms with Crippen LogP contribution in [0, 0.1) is 0 Å². The molecule has 3 amide bonds. The fourth-order valence-electron chi connectivity index (χ4n) is 2.01. The molecule has 0 bridgehead atoms. The SMILES string of the molecule is O=C(NC(=O)c1ccccc1Cl)Nc1cc(C(F)(F)F)cc(C(F)(F)F)c1. The van der Waals surface area contributed by atoms with E-state index in [2.05, 4.69) is 0 Å². The molecule has 0 heterocycles. The molecule has 2 rings (SSSR count). The number of hydrogen-bond acceptors (Lipinski definition) is 2. The van der Waals surface area contributed by atoms with Gasteiger partial charge in [0.25, 0.3) is 5.91 Å². The van der Waals surface area contributed by atoms with Gasteiger partial charge in [-0.3, -0.25) is 10.1 Å². The van der Waals surface area contributed by atoms with Crippen LogP contribution in [0.1, 0.15) is 21.5 Å². The standard InChI is InChI=1S/C16H9ClF6N2O2/c17-12-4-2-1-3-11(12)13(26)25-14(27)24-10-6-8(15(18,19)20)5-9(7-10)16(21,22)23/h1-7H,(H2,24,25,26,27). The minimum atomic E-state index is -5.07. The summed E-state index contributed by atoms with van der Waals surface area (Å²) < 4.78 is 76.7. The van der Waals surface area contributed by atoms with Crippen molar-refractivity contribution in [2.24, 2.45) is 0 Å². The molecule has 0 atom stereocenters. The Hall–Kier alpha value is -2.75. The molecular formula is C16H9ClF6N2O2. The molecule has 2 aromatic carbocycles. The predicted octanol–water partition coefficient (Wildman–Crippen LogP) is 5.34. The Balaban J connectivity index is 2.24. The summed E-state index contributed by atoms with van der Waals surface area (Å²) in [4.78, 5) is 23.7. The minimum absolute atomic E-state index is 0.00114. The van der Waals surface area contributed by atoms with Crippen molar-refractivity contribution >= 4 is 29.2 Å². The molecule has 4 nitrogen and oxygen atoms in total. The largest absolute Gasteiger partial charge is 0.416 e. The van der Waals surface area contributed by atoms with Gasteiger partial charge >= 0.3 is 18.4 Å². The van der Waals surface area contributed by atoms with Gasteiger partial charge in [-0.1, -0.05) is 23.7 Å². The van der Waals surface area contributed by atoms with Gasteiger partial charge in [-0.2, -0.15) is 26.3 Å². The molecule has 0 spiro atoms. The Morgan fingerprint density at radius 3 is 1.85 bits per heavy atom. The molecule has 144 valence electrons. The first-order valence-electron chi connectivity index (χ1n) is 7.04. The fraction of sp³-hybridized carbons (Fsp3) is 0.125. The van der Waals surface area contributed by atoms with E-state index in [4.69, 9.17) is 11.6 Å². The van der Waals surface area contributed by atoms with Crippen molar-refractivity contribution in [2.45, 2.75) is 12.4 Å². The summed E-state index contributed by atoms with van der Waals surface area (Å²) in [5.41, 5.74) is -4.11. The average Bonchev–Trinajstić information content (AvgIpc) is 2.53. The Kier molecular flexibility index (Phi) is 5.69. The number of halogens is 7. The van der Waals surface area contributed by atoms with Gasteiger partial charge in [-0.15, -0.1) is 0 Å². The van der Waals surface area contributed by atoms with Crippen molar-refractivity contribution in [3.63, 3.8) is 0 Å². The molecule has 0 aliphatic rings. The molecular weight excluding hydrogens is 402 g/mol. The molecule has 0 aromatic heterocycles. The Morgan fingerprint density at radius 1 is 0.852 bits per heavy atom. The van der Waals surface area contributed by atoms with Crippen LogP contribution in [-0.2, 0) is 12.4 Å². The van der Waals surface area contributed by atoms with E-state index < -0.39 is 41.1 Å². The summed E-state index contributed by atoms with van der Waals surface area (Å²) >= 11 is 5.76. The van der Waals surface area contributed by atoms with Crippen LogP contribution in [0.2, 0.25) is 5.02 Å². The normalized spacial score (nSPS) is 11.8. The average molecular weight is 411 g/mol. The quantitative estimate of drug-likeness (QED) is 0.657. The molecule has 27 heavy (non-hydrogen) atoms. The van der Waals surface area contributed by atoms with E-state index in [0.29, 0.717) is 12.1 Å².